The van der Waals surface area contributed by atoms with E-state index in [9.17, 15) is 10.1 Å². The summed E-state index contributed by atoms with van der Waals surface area (Å²) in [4.78, 5) is 13.2. The molecule has 0 aliphatic carbocycles. The second-order valence-corrected chi connectivity index (χ2v) is 3.67. The van der Waals surface area contributed by atoms with Crippen LogP contribution in [0.1, 0.15) is 12.5 Å². The van der Waals surface area contributed by atoms with Crippen molar-refractivity contribution in [2.45, 2.75) is 6.92 Å². The molecule has 0 saturated heterocycles. The minimum atomic E-state index is -0.404. The number of rotatable bonds is 3. The second kappa shape index (κ2) is 4.29. The highest BCUT2D eigenvalue weighted by molar-refractivity contribution is 5.92. The van der Waals surface area contributed by atoms with E-state index in [2.05, 4.69) is 4.98 Å². The number of nitro groups is 1. The fourth-order valence-corrected chi connectivity index (χ4v) is 1.72. The SMILES string of the molecule is COc1cccc2c(/C=C(/C)[N+](=O)[O-])c[nH]c12. The van der Waals surface area contributed by atoms with Crippen LogP contribution in [0.15, 0.2) is 30.1 Å². The summed E-state index contributed by atoms with van der Waals surface area (Å²) in [5.41, 5.74) is 1.74. The van der Waals surface area contributed by atoms with Gasteiger partial charge in [0.1, 0.15) is 5.75 Å². The van der Waals surface area contributed by atoms with Crippen molar-refractivity contribution >= 4 is 17.0 Å². The molecule has 17 heavy (non-hydrogen) atoms. The van der Waals surface area contributed by atoms with Crippen LogP contribution in [0.2, 0.25) is 0 Å². The highest BCUT2D eigenvalue weighted by Crippen LogP contribution is 2.28. The smallest absolute Gasteiger partial charge is 0.243 e. The summed E-state index contributed by atoms with van der Waals surface area (Å²) in [6.45, 7) is 1.47. The number of aromatic nitrogens is 1. The van der Waals surface area contributed by atoms with Crippen molar-refractivity contribution in [2.24, 2.45) is 0 Å². The number of aromatic amines is 1. The van der Waals surface area contributed by atoms with Crippen molar-refractivity contribution in [1.82, 2.24) is 4.98 Å². The Morgan fingerprint density at radius 2 is 2.29 bits per heavy atom. The summed E-state index contributed by atoms with van der Waals surface area (Å²) in [7, 11) is 1.59. The number of hydrogen-bond donors (Lipinski definition) is 1. The maximum absolute atomic E-state index is 10.6. The maximum atomic E-state index is 10.6. The van der Waals surface area contributed by atoms with Crippen LogP contribution in [0.5, 0.6) is 5.75 Å². The third kappa shape index (κ3) is 1.99. The van der Waals surface area contributed by atoms with Gasteiger partial charge in [0.2, 0.25) is 5.70 Å². The van der Waals surface area contributed by atoms with Gasteiger partial charge in [0, 0.05) is 30.1 Å². The molecule has 0 radical (unpaired) electrons. The quantitative estimate of drug-likeness (QED) is 0.653. The van der Waals surface area contributed by atoms with Gasteiger partial charge < -0.3 is 9.72 Å². The minimum absolute atomic E-state index is 0.105. The summed E-state index contributed by atoms with van der Waals surface area (Å²) in [6, 6.07) is 5.59. The highest BCUT2D eigenvalue weighted by Gasteiger charge is 2.09. The second-order valence-electron chi connectivity index (χ2n) is 3.67. The van der Waals surface area contributed by atoms with Crippen molar-refractivity contribution in [3.05, 3.63) is 45.8 Å². The zero-order valence-electron chi connectivity index (χ0n) is 9.56. The average molecular weight is 232 g/mol. The van der Waals surface area contributed by atoms with Crippen LogP contribution in [0, 0.1) is 10.1 Å². The lowest BCUT2D eigenvalue weighted by molar-refractivity contribution is -0.422. The molecular weight excluding hydrogens is 220 g/mol. The number of hydrogen-bond acceptors (Lipinski definition) is 3. The van der Waals surface area contributed by atoms with Crippen molar-refractivity contribution < 1.29 is 9.66 Å². The number of allylic oxidation sites excluding steroid dienone is 1. The van der Waals surface area contributed by atoms with Crippen molar-refractivity contribution in [3.63, 3.8) is 0 Å². The fraction of sp³-hybridized carbons (Fsp3) is 0.167. The van der Waals surface area contributed by atoms with Gasteiger partial charge in [-0.1, -0.05) is 12.1 Å². The van der Waals surface area contributed by atoms with Gasteiger partial charge in [0.25, 0.3) is 0 Å². The van der Waals surface area contributed by atoms with E-state index in [4.69, 9.17) is 4.74 Å². The van der Waals surface area contributed by atoms with E-state index in [1.807, 2.05) is 18.2 Å². The first kappa shape index (κ1) is 11.2. The molecule has 88 valence electrons. The predicted octanol–water partition coefficient (Wildman–Crippen LogP) is 2.81. The molecule has 0 bridgehead atoms. The Morgan fingerprint density at radius 1 is 1.53 bits per heavy atom. The largest absolute Gasteiger partial charge is 0.495 e. The molecule has 0 aliphatic rings. The molecule has 1 aromatic carbocycles. The van der Waals surface area contributed by atoms with Crippen LogP contribution < -0.4 is 4.74 Å². The lowest BCUT2D eigenvalue weighted by atomic mass is 10.1. The number of H-pyrrole nitrogens is 1. The maximum Gasteiger partial charge on any atom is 0.243 e. The van der Waals surface area contributed by atoms with E-state index < -0.39 is 4.92 Å². The van der Waals surface area contributed by atoms with E-state index in [-0.39, 0.29) is 5.70 Å². The predicted molar refractivity (Wildman–Crippen MR) is 65.5 cm³/mol. The zero-order valence-corrected chi connectivity index (χ0v) is 9.56. The molecule has 2 rings (SSSR count). The lowest BCUT2D eigenvalue weighted by Gasteiger charge is -2.00. The van der Waals surface area contributed by atoms with Gasteiger partial charge in [-0.3, -0.25) is 10.1 Å². The highest BCUT2D eigenvalue weighted by atomic mass is 16.6. The number of ether oxygens (including phenoxy) is 1. The Hall–Kier alpha value is -2.30. The van der Waals surface area contributed by atoms with Crippen LogP contribution >= 0.6 is 0 Å². The average Bonchev–Trinajstić information content (AvgIpc) is 2.72. The topological polar surface area (TPSA) is 68.2 Å². The third-order valence-electron chi connectivity index (χ3n) is 2.58. The zero-order chi connectivity index (χ0) is 12.4. The first-order chi connectivity index (χ1) is 8.13. The van der Waals surface area contributed by atoms with Gasteiger partial charge in [0.15, 0.2) is 0 Å². The molecular formula is C12H12N2O3. The summed E-state index contributed by atoms with van der Waals surface area (Å²) in [5, 5.41) is 11.5. The minimum Gasteiger partial charge on any atom is -0.495 e. The van der Waals surface area contributed by atoms with Gasteiger partial charge in [0.05, 0.1) is 17.5 Å². The summed E-state index contributed by atoms with van der Waals surface area (Å²) in [6.07, 6.45) is 3.28. The van der Waals surface area contributed by atoms with E-state index in [0.717, 1.165) is 22.2 Å². The van der Waals surface area contributed by atoms with Crippen molar-refractivity contribution in [1.29, 1.82) is 0 Å². The molecule has 0 fully saturated rings. The molecule has 0 atom stereocenters. The molecule has 0 amide bonds. The lowest BCUT2D eigenvalue weighted by Crippen LogP contribution is -1.92. The molecule has 0 saturated carbocycles. The van der Waals surface area contributed by atoms with Crippen molar-refractivity contribution in [2.75, 3.05) is 7.11 Å². The third-order valence-corrected chi connectivity index (χ3v) is 2.58. The summed E-state index contributed by atoms with van der Waals surface area (Å²) in [5.74, 6) is 0.723. The molecule has 0 unspecified atom stereocenters. The van der Waals surface area contributed by atoms with Crippen molar-refractivity contribution in [3.8, 4) is 5.75 Å². The monoisotopic (exact) mass is 232 g/mol. The standard InChI is InChI=1S/C12H12N2O3/c1-8(14(15)16)6-9-7-13-12-10(9)4-3-5-11(12)17-2/h3-7,13H,1-2H3/b8-6-. The van der Waals surface area contributed by atoms with Gasteiger partial charge in [-0.05, 0) is 6.07 Å². The van der Waals surface area contributed by atoms with Crippen LogP contribution in [0.4, 0.5) is 0 Å². The molecule has 1 heterocycles. The number of methoxy groups -OCH3 is 1. The normalized spacial score (nSPS) is 11.8. The van der Waals surface area contributed by atoms with Gasteiger partial charge in [-0.2, -0.15) is 0 Å². The van der Waals surface area contributed by atoms with Gasteiger partial charge >= 0.3 is 0 Å². The van der Waals surface area contributed by atoms with Gasteiger partial charge in [-0.15, -0.1) is 0 Å². The molecule has 5 heteroatoms. The molecule has 2 aromatic rings. The van der Waals surface area contributed by atoms with E-state index >= 15 is 0 Å². The number of benzene rings is 1. The number of fused-ring (bicyclic) bond motifs is 1. The van der Waals surface area contributed by atoms with Crippen LogP contribution in [-0.2, 0) is 0 Å². The van der Waals surface area contributed by atoms with Crippen LogP contribution in [0.3, 0.4) is 0 Å². The fourth-order valence-electron chi connectivity index (χ4n) is 1.72. The Morgan fingerprint density at radius 3 is 2.94 bits per heavy atom. The van der Waals surface area contributed by atoms with E-state index in [1.54, 1.807) is 13.3 Å². The Labute approximate surface area is 97.9 Å². The van der Waals surface area contributed by atoms with E-state index in [1.165, 1.54) is 13.0 Å². The Kier molecular flexibility index (Phi) is 2.82. The Bertz CT molecular complexity index is 599. The van der Waals surface area contributed by atoms with Crippen LogP contribution in [-0.4, -0.2) is 17.0 Å². The van der Waals surface area contributed by atoms with Gasteiger partial charge in [-0.25, -0.2) is 0 Å². The number of nitrogens with zero attached hydrogens (tertiary/aromatic N) is 1. The van der Waals surface area contributed by atoms with Crippen LogP contribution in [0.25, 0.3) is 17.0 Å². The summed E-state index contributed by atoms with van der Waals surface area (Å²) < 4.78 is 5.21. The molecule has 0 aliphatic heterocycles. The first-order valence-corrected chi connectivity index (χ1v) is 5.10. The molecule has 1 N–H and O–H groups in total. The Balaban J connectivity index is 2.58. The molecule has 1 aromatic heterocycles. The number of nitrogens with one attached hydrogen (secondary N) is 1. The molecule has 5 nitrogen and oxygen atoms in total. The first-order valence-electron chi connectivity index (χ1n) is 5.10. The molecule has 0 spiro atoms. The number of para-hydroxylation sites is 1. The summed E-state index contributed by atoms with van der Waals surface area (Å²) >= 11 is 0. The van der Waals surface area contributed by atoms with E-state index in [0.29, 0.717) is 0 Å².